The molecule has 2 aliphatic carbocycles. The van der Waals surface area contributed by atoms with Crippen LogP contribution in [0.25, 0.3) is 49.7 Å². The zero-order chi connectivity index (χ0) is 33.4. The van der Waals surface area contributed by atoms with Crippen molar-refractivity contribution in [3.05, 3.63) is 198 Å². The highest BCUT2D eigenvalue weighted by atomic mass is 14.5. The average molecular weight is 619 g/mol. The summed E-state index contributed by atoms with van der Waals surface area (Å²) in [5.41, 5.74) is 18.2. The fraction of sp³-hybridized carbons (Fsp3) is 0.125. The van der Waals surface area contributed by atoms with Gasteiger partial charge in [0.25, 0.3) is 0 Å². The first-order chi connectivity index (χ1) is 23.5. The molecule has 8 rings (SSSR count). The molecule has 0 aliphatic heterocycles. The lowest BCUT2D eigenvalue weighted by Gasteiger charge is -2.34. The van der Waals surface area contributed by atoms with Crippen LogP contribution in [-0.4, -0.2) is 0 Å². The lowest BCUT2D eigenvalue weighted by Crippen LogP contribution is -2.27. The monoisotopic (exact) mass is 618 g/mol. The summed E-state index contributed by atoms with van der Waals surface area (Å²) >= 11 is 0. The highest BCUT2D eigenvalue weighted by molar-refractivity contribution is 6.11. The van der Waals surface area contributed by atoms with Gasteiger partial charge in [-0.2, -0.15) is 0 Å². The largest absolute Gasteiger partial charge is 0.103 e. The van der Waals surface area contributed by atoms with E-state index >= 15 is 0 Å². The number of aryl methyl sites for hydroxylation is 1. The van der Waals surface area contributed by atoms with E-state index < -0.39 is 0 Å². The van der Waals surface area contributed by atoms with Gasteiger partial charge in [-0.3, -0.25) is 0 Å². The zero-order valence-corrected chi connectivity index (χ0v) is 28.5. The Balaban J connectivity index is 0.00000117. The molecule has 0 bridgehead atoms. The molecule has 0 radical (unpaired) electrons. The van der Waals surface area contributed by atoms with E-state index in [4.69, 9.17) is 0 Å². The van der Waals surface area contributed by atoms with E-state index in [0.29, 0.717) is 0 Å². The van der Waals surface area contributed by atoms with Crippen LogP contribution in [0.4, 0.5) is 0 Å². The third-order valence-corrected chi connectivity index (χ3v) is 10.2. The second kappa shape index (κ2) is 12.6. The van der Waals surface area contributed by atoms with Crippen LogP contribution in [0.5, 0.6) is 0 Å². The summed E-state index contributed by atoms with van der Waals surface area (Å²) in [6.07, 6.45) is 6.74. The van der Waals surface area contributed by atoms with Crippen molar-refractivity contribution in [2.75, 3.05) is 0 Å². The molecule has 0 fully saturated rings. The molecule has 0 saturated carbocycles. The van der Waals surface area contributed by atoms with Crippen LogP contribution in [0.15, 0.2) is 159 Å². The first kappa shape index (κ1) is 31.2. The van der Waals surface area contributed by atoms with Crippen molar-refractivity contribution in [2.45, 2.75) is 39.5 Å². The number of hydrogen-bond acceptors (Lipinski definition) is 0. The fourth-order valence-electron chi connectivity index (χ4n) is 8.20. The van der Waals surface area contributed by atoms with Gasteiger partial charge in [0.1, 0.15) is 0 Å². The predicted molar refractivity (Wildman–Crippen MR) is 209 cm³/mol. The van der Waals surface area contributed by atoms with Gasteiger partial charge in [-0.15, -0.1) is 6.58 Å². The molecule has 234 valence electrons. The van der Waals surface area contributed by atoms with Crippen LogP contribution >= 0.6 is 0 Å². The third-order valence-electron chi connectivity index (χ3n) is 10.2. The minimum Gasteiger partial charge on any atom is -0.103 e. The van der Waals surface area contributed by atoms with Crippen molar-refractivity contribution in [3.63, 3.8) is 0 Å². The van der Waals surface area contributed by atoms with Gasteiger partial charge in [-0.25, -0.2) is 0 Å². The van der Waals surface area contributed by atoms with E-state index in [9.17, 15) is 0 Å². The Labute approximate surface area is 286 Å². The van der Waals surface area contributed by atoms with Crippen LogP contribution in [0.1, 0.15) is 66.1 Å². The van der Waals surface area contributed by atoms with Crippen molar-refractivity contribution in [1.29, 1.82) is 0 Å². The van der Waals surface area contributed by atoms with Gasteiger partial charge in [-0.05, 0) is 128 Å². The molecule has 6 aromatic rings. The fourth-order valence-corrected chi connectivity index (χ4v) is 8.20. The highest BCUT2D eigenvalue weighted by Gasteiger charge is 2.53. The maximum Gasteiger partial charge on any atom is 0.0728 e. The highest BCUT2D eigenvalue weighted by Crippen LogP contribution is 2.65. The molecule has 0 heterocycles. The summed E-state index contributed by atoms with van der Waals surface area (Å²) in [5, 5.41) is 2.59. The topological polar surface area (TPSA) is 0 Å². The van der Waals surface area contributed by atoms with Gasteiger partial charge >= 0.3 is 0 Å². The lowest BCUT2D eigenvalue weighted by molar-refractivity contribution is 0.842. The predicted octanol–water partition coefficient (Wildman–Crippen LogP) is 13.2. The van der Waals surface area contributed by atoms with E-state index in [1.165, 1.54) is 83.1 Å². The Bertz CT molecular complexity index is 2220. The van der Waals surface area contributed by atoms with E-state index in [1.807, 2.05) is 13.0 Å². The van der Waals surface area contributed by atoms with E-state index in [2.05, 4.69) is 167 Å². The third kappa shape index (κ3) is 4.67. The van der Waals surface area contributed by atoms with Crippen LogP contribution in [0.2, 0.25) is 0 Å². The Hall–Kier alpha value is -5.46. The first-order valence-electron chi connectivity index (χ1n) is 17.1. The van der Waals surface area contributed by atoms with E-state index in [0.717, 1.165) is 12.0 Å². The van der Waals surface area contributed by atoms with Crippen LogP contribution in [0, 0.1) is 6.92 Å². The average Bonchev–Trinajstić information content (AvgIpc) is 3.58. The summed E-state index contributed by atoms with van der Waals surface area (Å²) in [4.78, 5) is 0. The molecule has 6 aromatic carbocycles. The number of allylic oxidation sites excluding steroid dienone is 6. The molecule has 0 atom stereocenters. The Morgan fingerprint density at radius 1 is 0.604 bits per heavy atom. The van der Waals surface area contributed by atoms with Gasteiger partial charge < -0.3 is 0 Å². The summed E-state index contributed by atoms with van der Waals surface area (Å²) in [7, 11) is 0. The van der Waals surface area contributed by atoms with E-state index in [1.54, 1.807) is 6.08 Å². The van der Waals surface area contributed by atoms with Crippen molar-refractivity contribution in [3.8, 4) is 22.3 Å². The minimum atomic E-state index is -0.376. The molecule has 1 spiro atoms. The molecule has 0 aromatic heterocycles. The molecule has 48 heavy (non-hydrogen) atoms. The van der Waals surface area contributed by atoms with Crippen LogP contribution in [-0.2, 0) is 5.41 Å². The standard InChI is InChI=1S/C45H36.C3H6/c1-5-30(6-2)31-20-22-32(23-21-31)35-24-25-37(29(4)26-35)44-36(7-3)40-27-33-14-8-9-15-34(33)28-43(40)45(44)41-18-12-10-16-38(41)39-17-11-13-19-42(39)45;1-3-2/h5-6,8-28H,1,7H2,2-4H3;3H,1H2,2H3/b30-6+;. The smallest absolute Gasteiger partial charge is 0.0728 e. The summed E-state index contributed by atoms with van der Waals surface area (Å²) in [6, 6.07) is 47.9. The summed E-state index contributed by atoms with van der Waals surface area (Å²) in [6.45, 7) is 15.9. The van der Waals surface area contributed by atoms with Gasteiger partial charge in [-0.1, -0.05) is 147 Å². The van der Waals surface area contributed by atoms with Crippen LogP contribution in [0.3, 0.4) is 0 Å². The molecule has 0 N–H and O–H groups in total. The number of fused-ring (bicyclic) bond motifs is 8. The number of rotatable bonds is 5. The second-order valence-electron chi connectivity index (χ2n) is 12.8. The lowest BCUT2D eigenvalue weighted by atomic mass is 9.67. The van der Waals surface area contributed by atoms with Crippen molar-refractivity contribution >= 4 is 27.5 Å². The molecule has 0 unspecified atom stereocenters. The molecule has 0 nitrogen and oxygen atoms in total. The Morgan fingerprint density at radius 3 is 1.73 bits per heavy atom. The Kier molecular flexibility index (Phi) is 8.19. The first-order valence-corrected chi connectivity index (χ1v) is 17.1. The molecule has 2 aliphatic rings. The SMILES string of the molecule is C=C/C(=C\C)c1ccc(-c2ccc(C3=C(CC)c4cc5ccccc5cc4C34c3ccccc3-c3ccccc34)c(C)c2)cc1.C=CC. The molecule has 0 saturated heterocycles. The second-order valence-corrected chi connectivity index (χ2v) is 12.8. The zero-order valence-electron chi connectivity index (χ0n) is 28.5. The summed E-state index contributed by atoms with van der Waals surface area (Å²) < 4.78 is 0. The number of hydrogen-bond donors (Lipinski definition) is 0. The van der Waals surface area contributed by atoms with Crippen molar-refractivity contribution in [2.24, 2.45) is 0 Å². The van der Waals surface area contributed by atoms with Gasteiger partial charge in [0.15, 0.2) is 0 Å². The molecule has 0 heteroatoms. The van der Waals surface area contributed by atoms with Crippen molar-refractivity contribution in [1.82, 2.24) is 0 Å². The molecule has 0 amide bonds. The van der Waals surface area contributed by atoms with Gasteiger partial charge in [0.05, 0.1) is 5.41 Å². The maximum absolute atomic E-state index is 3.98. The molecular weight excluding hydrogens is 577 g/mol. The summed E-state index contributed by atoms with van der Waals surface area (Å²) in [5.74, 6) is 0. The van der Waals surface area contributed by atoms with Gasteiger partial charge in [0, 0.05) is 0 Å². The maximum atomic E-state index is 3.98. The van der Waals surface area contributed by atoms with Crippen molar-refractivity contribution < 1.29 is 0 Å². The molecular formula is C48H42. The quantitative estimate of drug-likeness (QED) is 0.133. The Morgan fingerprint density at radius 2 is 1.17 bits per heavy atom. The van der Waals surface area contributed by atoms with E-state index in [-0.39, 0.29) is 5.41 Å². The van der Waals surface area contributed by atoms with Crippen LogP contribution < -0.4 is 0 Å². The normalized spacial score (nSPS) is 13.9. The minimum absolute atomic E-state index is 0.376. The van der Waals surface area contributed by atoms with Gasteiger partial charge in [0.2, 0.25) is 0 Å². The number of benzene rings is 6.